The molecule has 0 amide bonds. The molecule has 0 unspecified atom stereocenters. The summed E-state index contributed by atoms with van der Waals surface area (Å²) in [6, 6.07) is 106. The molecule has 1 radical (unpaired) electrons. The Morgan fingerprint density at radius 1 is 0.276 bits per heavy atom. The molecule has 0 atom stereocenters. The molecule has 0 saturated carbocycles. The minimum atomic E-state index is 0. The Hall–Kier alpha value is -11.6. The second kappa shape index (κ2) is 30.0. The first-order valence-corrected chi connectivity index (χ1v) is 31.4. The number of hydrogen-bond acceptors (Lipinski definition) is 4. The first-order chi connectivity index (χ1) is 45.6. The molecular weight excluding hydrogens is 1260 g/mol. The number of rotatable bonds is 9. The lowest BCUT2D eigenvalue weighted by Gasteiger charge is -2.10. The Morgan fingerprint density at radius 2 is 0.602 bits per heavy atom. The van der Waals surface area contributed by atoms with Gasteiger partial charge in [0.2, 0.25) is 0 Å². The van der Waals surface area contributed by atoms with Gasteiger partial charge in [-0.15, -0.1) is 0 Å². The minimum absolute atomic E-state index is 0. The number of benzene rings is 12. The Morgan fingerprint density at radius 3 is 1.07 bits per heavy atom. The zero-order valence-corrected chi connectivity index (χ0v) is 51.3. The Kier molecular flexibility index (Phi) is 21.2. The molecule has 12 aromatic carbocycles. The molecule has 8 nitrogen and oxygen atoms in total. The highest BCUT2D eigenvalue weighted by molar-refractivity contribution is 9.10. The SMILES string of the molecule is Brc1cncc2c1c1ccccc1n2-c1ccccc1.C.C.C.C.C.C.O[B]Oc1ccc2c(c1)c1ccccc1n2-c1ccc(-c2ccccc2)cc1.c1ccc(-c2ccc(-n3c4ccccc4c4cc(-c5cncc6c5c5ccccc5n6-c5ccccc5)ccc43)cc2)cc1. The summed E-state index contributed by atoms with van der Waals surface area (Å²) in [7, 11) is 0.711. The van der Waals surface area contributed by atoms with E-state index in [1.165, 1.54) is 76.6 Å². The number of para-hydroxylation sites is 6. The molecule has 0 saturated heterocycles. The van der Waals surface area contributed by atoms with E-state index in [0.717, 1.165) is 71.2 Å². The summed E-state index contributed by atoms with van der Waals surface area (Å²) < 4.78 is 15.4. The molecule has 0 aliphatic carbocycles. The van der Waals surface area contributed by atoms with Crippen LogP contribution in [0.1, 0.15) is 44.6 Å². The van der Waals surface area contributed by atoms with Crippen molar-refractivity contribution in [1.82, 2.24) is 28.2 Å². The third-order valence-electron chi connectivity index (χ3n) is 17.4. The number of fused-ring (bicyclic) bond motifs is 12. The van der Waals surface area contributed by atoms with Crippen LogP contribution in [0.4, 0.5) is 0 Å². The minimum Gasteiger partial charge on any atom is -0.537 e. The summed E-state index contributed by atoms with van der Waals surface area (Å²) in [6.45, 7) is 0. The van der Waals surface area contributed by atoms with Crippen molar-refractivity contribution in [2.75, 3.05) is 0 Å². The molecule has 10 heteroatoms. The molecule has 6 aromatic heterocycles. The molecule has 483 valence electrons. The van der Waals surface area contributed by atoms with Crippen molar-refractivity contribution in [3.05, 3.63) is 333 Å². The van der Waals surface area contributed by atoms with Gasteiger partial charge in [0.05, 0.1) is 56.5 Å². The first-order valence-electron chi connectivity index (χ1n) is 30.6. The molecule has 0 aliphatic heterocycles. The van der Waals surface area contributed by atoms with E-state index in [9.17, 15) is 0 Å². The second-order valence-corrected chi connectivity index (χ2v) is 23.5. The molecular formula is C88H79BBrN6O2. The van der Waals surface area contributed by atoms with E-state index in [2.05, 4.69) is 306 Å². The average molecular weight is 1340 g/mol. The van der Waals surface area contributed by atoms with Gasteiger partial charge in [-0.1, -0.05) is 245 Å². The highest BCUT2D eigenvalue weighted by Crippen LogP contribution is 2.42. The lowest BCUT2D eigenvalue weighted by Crippen LogP contribution is -1.99. The van der Waals surface area contributed by atoms with Crippen molar-refractivity contribution in [2.24, 2.45) is 0 Å². The van der Waals surface area contributed by atoms with Gasteiger partial charge in [0.1, 0.15) is 5.75 Å². The van der Waals surface area contributed by atoms with Crippen molar-refractivity contribution < 1.29 is 9.68 Å². The van der Waals surface area contributed by atoms with Crippen molar-refractivity contribution in [3.63, 3.8) is 0 Å². The Balaban J connectivity index is 0.000000167. The summed E-state index contributed by atoms with van der Waals surface area (Å²) in [5.41, 5.74) is 20.9. The van der Waals surface area contributed by atoms with Gasteiger partial charge in [0.15, 0.2) is 0 Å². The van der Waals surface area contributed by atoms with Gasteiger partial charge in [-0.3, -0.25) is 9.97 Å². The van der Waals surface area contributed by atoms with Crippen LogP contribution in [0.5, 0.6) is 5.75 Å². The van der Waals surface area contributed by atoms with E-state index in [-0.39, 0.29) is 44.6 Å². The van der Waals surface area contributed by atoms with E-state index in [1.54, 1.807) is 0 Å². The number of pyridine rings is 2. The fraction of sp³-hybridized carbons (Fsp3) is 0.0682. The standard InChI is InChI=1S/C41H27N3.C24H17BNO2.C17H11BrN2.6CH4/c1-3-11-28(12-4-1)29-19-22-32(23-20-29)43-37-17-9-7-15-33(37)35-25-30(21-24-39(35)43)36-26-42-27-40-41(36)34-16-8-10-18-38(34)44(40)31-13-5-2-6-14-31;27-25-28-20-14-15-24-22(16-20)21-8-4-5-9-23(21)26(24)19-12-10-18(11-13-19)17-6-2-1-3-7-17;18-14-10-19-11-16-17(14)13-8-4-5-9-15(13)20(16)12-6-2-1-3-7-12;;;;;;/h1-27H;1-16,27H;1-11H;6*1H4. The quantitative estimate of drug-likeness (QED) is 0.146. The maximum atomic E-state index is 8.96. The molecule has 0 aliphatic rings. The maximum absolute atomic E-state index is 8.96. The van der Waals surface area contributed by atoms with Gasteiger partial charge in [0, 0.05) is 88.3 Å². The molecule has 0 bridgehead atoms. The van der Waals surface area contributed by atoms with Crippen molar-refractivity contribution in [3.8, 4) is 61.9 Å². The van der Waals surface area contributed by atoms with E-state index in [4.69, 9.17) is 14.7 Å². The summed E-state index contributed by atoms with van der Waals surface area (Å²) in [5.74, 6) is 0.609. The average Bonchev–Trinajstić information content (AvgIpc) is 1.60. The number of hydrogen-bond donors (Lipinski definition) is 1. The van der Waals surface area contributed by atoms with E-state index in [1.807, 2.05) is 61.2 Å². The predicted molar refractivity (Wildman–Crippen MR) is 425 cm³/mol. The highest BCUT2D eigenvalue weighted by atomic mass is 79.9. The second-order valence-electron chi connectivity index (χ2n) is 22.6. The predicted octanol–water partition coefficient (Wildman–Crippen LogP) is 24.7. The van der Waals surface area contributed by atoms with Crippen LogP contribution in [0.2, 0.25) is 0 Å². The van der Waals surface area contributed by atoms with Crippen LogP contribution in [0, 0.1) is 0 Å². The summed E-state index contributed by atoms with van der Waals surface area (Å²) >= 11 is 3.63. The Bertz CT molecular complexity index is 5710. The lowest BCUT2D eigenvalue weighted by molar-refractivity contribution is 0.454. The fourth-order valence-corrected chi connectivity index (χ4v) is 13.9. The van der Waals surface area contributed by atoms with Crippen LogP contribution < -0.4 is 4.65 Å². The third-order valence-corrected chi connectivity index (χ3v) is 18.0. The van der Waals surface area contributed by atoms with Crippen LogP contribution >= 0.6 is 15.9 Å². The third kappa shape index (κ3) is 12.4. The summed E-state index contributed by atoms with van der Waals surface area (Å²) in [5, 5.41) is 18.5. The molecule has 98 heavy (non-hydrogen) atoms. The molecule has 6 heterocycles. The van der Waals surface area contributed by atoms with Gasteiger partial charge in [-0.25, -0.2) is 0 Å². The monoisotopic (exact) mass is 1340 g/mol. The van der Waals surface area contributed by atoms with Crippen LogP contribution in [-0.2, 0) is 0 Å². The van der Waals surface area contributed by atoms with Gasteiger partial charge >= 0.3 is 7.69 Å². The summed E-state index contributed by atoms with van der Waals surface area (Å²) in [6.07, 6.45) is 7.79. The first kappa shape index (κ1) is 69.3. The van der Waals surface area contributed by atoms with Crippen LogP contribution in [0.15, 0.2) is 333 Å². The van der Waals surface area contributed by atoms with Gasteiger partial charge in [-0.2, -0.15) is 0 Å². The largest absolute Gasteiger partial charge is 0.569 e. The summed E-state index contributed by atoms with van der Waals surface area (Å²) in [4.78, 5) is 9.10. The molecule has 0 spiro atoms. The maximum Gasteiger partial charge on any atom is 0.569 e. The highest BCUT2D eigenvalue weighted by Gasteiger charge is 2.20. The number of aromatic nitrogens is 6. The van der Waals surface area contributed by atoms with Gasteiger partial charge in [-0.05, 0) is 147 Å². The molecule has 18 aromatic rings. The normalized spacial score (nSPS) is 10.7. The van der Waals surface area contributed by atoms with E-state index >= 15 is 0 Å². The van der Waals surface area contributed by atoms with Crippen LogP contribution in [-0.4, -0.2) is 40.9 Å². The molecule has 0 fully saturated rings. The Labute approximate surface area is 584 Å². The topological polar surface area (TPSA) is 75.0 Å². The fourth-order valence-electron chi connectivity index (χ4n) is 13.4. The van der Waals surface area contributed by atoms with Crippen molar-refractivity contribution in [2.45, 2.75) is 44.6 Å². The molecule has 18 rings (SSSR count). The lowest BCUT2D eigenvalue weighted by atomic mass is 9.99. The molecule has 1 N–H and O–H groups in total. The van der Waals surface area contributed by atoms with E-state index in [0.29, 0.717) is 13.4 Å². The smallest absolute Gasteiger partial charge is 0.537 e. The van der Waals surface area contributed by atoms with Crippen LogP contribution in [0.3, 0.4) is 0 Å². The van der Waals surface area contributed by atoms with Gasteiger partial charge < -0.3 is 27.9 Å². The van der Waals surface area contributed by atoms with Gasteiger partial charge in [0.25, 0.3) is 0 Å². The number of halogens is 1. The zero-order valence-electron chi connectivity index (χ0n) is 49.7. The van der Waals surface area contributed by atoms with Crippen LogP contribution in [0.25, 0.3) is 143 Å². The zero-order chi connectivity index (χ0) is 61.5. The van der Waals surface area contributed by atoms with E-state index < -0.39 is 0 Å². The number of nitrogens with zero attached hydrogens (tertiary/aromatic N) is 6. The van der Waals surface area contributed by atoms with Crippen molar-refractivity contribution in [1.29, 1.82) is 0 Å². The van der Waals surface area contributed by atoms with Crippen molar-refractivity contribution >= 4 is 111 Å².